The number of halogens is 1. The van der Waals surface area contributed by atoms with Crippen LogP contribution in [0.1, 0.15) is 11.1 Å². The highest BCUT2D eigenvalue weighted by molar-refractivity contribution is 6.35. The van der Waals surface area contributed by atoms with Crippen LogP contribution in [-0.4, -0.2) is 5.11 Å². The van der Waals surface area contributed by atoms with Crippen molar-refractivity contribution in [2.75, 3.05) is 0 Å². The minimum Gasteiger partial charge on any atom is -0.457 e. The van der Waals surface area contributed by atoms with Crippen molar-refractivity contribution in [2.24, 2.45) is 0 Å². The quantitative estimate of drug-likeness (QED) is 0.730. The molecule has 0 spiro atoms. The molecule has 3 aromatic carbocycles. The van der Waals surface area contributed by atoms with E-state index >= 15 is 0 Å². The summed E-state index contributed by atoms with van der Waals surface area (Å²) >= 11 is 6.21. The lowest BCUT2D eigenvalue weighted by Gasteiger charge is -2.11. The second-order valence-corrected chi connectivity index (χ2v) is 5.35. The Morgan fingerprint density at radius 1 is 1.00 bits per heavy atom. The van der Waals surface area contributed by atoms with E-state index in [4.69, 9.17) is 16.3 Å². The molecule has 3 heteroatoms. The molecule has 1 N–H and O–H groups in total. The summed E-state index contributed by atoms with van der Waals surface area (Å²) in [6.45, 7) is 1.99. The third-order valence-corrected chi connectivity index (χ3v) is 3.87. The topological polar surface area (TPSA) is 29.5 Å². The van der Waals surface area contributed by atoms with Crippen molar-refractivity contribution in [3.8, 4) is 11.5 Å². The summed E-state index contributed by atoms with van der Waals surface area (Å²) in [5.41, 5.74) is 1.91. The average molecular weight is 299 g/mol. The van der Waals surface area contributed by atoms with Gasteiger partial charge in [0.25, 0.3) is 0 Å². The molecule has 3 rings (SSSR count). The first-order valence-corrected chi connectivity index (χ1v) is 7.12. The number of benzene rings is 3. The number of hydrogen-bond acceptors (Lipinski definition) is 2. The molecule has 0 aliphatic rings. The van der Waals surface area contributed by atoms with E-state index in [2.05, 4.69) is 0 Å². The Labute approximate surface area is 128 Å². The summed E-state index contributed by atoms with van der Waals surface area (Å²) in [7, 11) is 0. The Morgan fingerprint density at radius 3 is 2.48 bits per heavy atom. The lowest BCUT2D eigenvalue weighted by Crippen LogP contribution is -1.91. The van der Waals surface area contributed by atoms with Gasteiger partial charge in [-0.25, -0.2) is 0 Å². The van der Waals surface area contributed by atoms with Crippen molar-refractivity contribution in [1.82, 2.24) is 0 Å². The molecule has 0 heterocycles. The van der Waals surface area contributed by atoms with Gasteiger partial charge in [-0.3, -0.25) is 0 Å². The van der Waals surface area contributed by atoms with Crippen molar-refractivity contribution in [3.63, 3.8) is 0 Å². The highest BCUT2D eigenvalue weighted by Gasteiger charge is 2.07. The zero-order valence-corrected chi connectivity index (χ0v) is 12.4. The van der Waals surface area contributed by atoms with Crippen molar-refractivity contribution >= 4 is 22.4 Å². The number of hydrogen-bond donors (Lipinski definition) is 1. The molecule has 21 heavy (non-hydrogen) atoms. The van der Waals surface area contributed by atoms with Crippen molar-refractivity contribution in [2.45, 2.75) is 13.5 Å². The average Bonchev–Trinajstić information content (AvgIpc) is 2.51. The molecule has 106 valence electrons. The molecule has 0 amide bonds. The molecular weight excluding hydrogens is 284 g/mol. The Bertz CT molecular complexity index is 796. The van der Waals surface area contributed by atoms with Crippen LogP contribution in [0.3, 0.4) is 0 Å². The minimum absolute atomic E-state index is 0.0377. The number of rotatable bonds is 3. The van der Waals surface area contributed by atoms with E-state index in [9.17, 15) is 5.11 Å². The Hall–Kier alpha value is -2.03. The van der Waals surface area contributed by atoms with Gasteiger partial charge < -0.3 is 9.84 Å². The van der Waals surface area contributed by atoms with Gasteiger partial charge in [-0.05, 0) is 42.3 Å². The van der Waals surface area contributed by atoms with Crippen LogP contribution in [0.5, 0.6) is 11.5 Å². The molecule has 2 nitrogen and oxygen atoms in total. The van der Waals surface area contributed by atoms with Crippen molar-refractivity contribution < 1.29 is 9.84 Å². The molecule has 0 aliphatic heterocycles. The number of aliphatic hydroxyl groups is 1. The molecule has 3 aromatic rings. The van der Waals surface area contributed by atoms with Gasteiger partial charge in [0.15, 0.2) is 0 Å². The lowest BCUT2D eigenvalue weighted by molar-refractivity contribution is 0.281. The highest BCUT2D eigenvalue weighted by atomic mass is 35.5. The Morgan fingerprint density at radius 2 is 1.76 bits per heavy atom. The standard InChI is InChI=1S/C18H15ClO2/c1-12-10-14(7-6-13(12)11-20)21-18-9-8-17(19)15-4-2-3-5-16(15)18/h2-10,20H,11H2,1H3. The summed E-state index contributed by atoms with van der Waals surface area (Å²) in [6, 6.07) is 17.3. The van der Waals surface area contributed by atoms with Gasteiger partial charge in [0.2, 0.25) is 0 Å². The van der Waals surface area contributed by atoms with E-state index in [1.54, 1.807) is 0 Å². The van der Waals surface area contributed by atoms with Crippen LogP contribution < -0.4 is 4.74 Å². The van der Waals surface area contributed by atoms with E-state index in [0.717, 1.165) is 33.4 Å². The maximum Gasteiger partial charge on any atom is 0.135 e. The third-order valence-electron chi connectivity index (χ3n) is 3.54. The lowest BCUT2D eigenvalue weighted by atomic mass is 10.1. The fraction of sp³-hybridized carbons (Fsp3) is 0.111. The van der Waals surface area contributed by atoms with E-state index in [1.807, 2.05) is 61.5 Å². The number of aliphatic hydroxyl groups excluding tert-OH is 1. The summed E-state index contributed by atoms with van der Waals surface area (Å²) in [5.74, 6) is 1.52. The molecular formula is C18H15ClO2. The van der Waals surface area contributed by atoms with Gasteiger partial charge in [-0.1, -0.05) is 41.9 Å². The van der Waals surface area contributed by atoms with Crippen molar-refractivity contribution in [3.05, 3.63) is 70.7 Å². The fourth-order valence-corrected chi connectivity index (χ4v) is 2.59. The summed E-state index contributed by atoms with van der Waals surface area (Å²) in [6.07, 6.45) is 0. The summed E-state index contributed by atoms with van der Waals surface area (Å²) < 4.78 is 5.99. The first kappa shape index (κ1) is 13.9. The van der Waals surface area contributed by atoms with Gasteiger partial charge in [0.1, 0.15) is 11.5 Å². The van der Waals surface area contributed by atoms with Crippen LogP contribution in [0, 0.1) is 6.92 Å². The van der Waals surface area contributed by atoms with E-state index in [1.165, 1.54) is 0 Å². The van der Waals surface area contributed by atoms with Crippen LogP contribution in [0.25, 0.3) is 10.8 Å². The van der Waals surface area contributed by atoms with Gasteiger partial charge in [0, 0.05) is 15.8 Å². The summed E-state index contributed by atoms with van der Waals surface area (Å²) in [5, 5.41) is 11.9. The van der Waals surface area contributed by atoms with Gasteiger partial charge >= 0.3 is 0 Å². The predicted molar refractivity (Wildman–Crippen MR) is 86.1 cm³/mol. The highest BCUT2D eigenvalue weighted by Crippen LogP contribution is 2.34. The number of ether oxygens (including phenoxy) is 1. The minimum atomic E-state index is 0.0377. The van der Waals surface area contributed by atoms with E-state index < -0.39 is 0 Å². The van der Waals surface area contributed by atoms with Crippen LogP contribution in [0.15, 0.2) is 54.6 Å². The number of aryl methyl sites for hydroxylation is 1. The van der Waals surface area contributed by atoms with Gasteiger partial charge in [-0.2, -0.15) is 0 Å². The molecule has 0 saturated carbocycles. The van der Waals surface area contributed by atoms with Crippen LogP contribution >= 0.6 is 11.6 Å². The number of fused-ring (bicyclic) bond motifs is 1. The molecule has 0 saturated heterocycles. The smallest absolute Gasteiger partial charge is 0.135 e. The van der Waals surface area contributed by atoms with Crippen LogP contribution in [0.2, 0.25) is 5.02 Å². The molecule has 0 fully saturated rings. The molecule has 0 radical (unpaired) electrons. The van der Waals surface area contributed by atoms with Crippen LogP contribution in [-0.2, 0) is 6.61 Å². The zero-order valence-electron chi connectivity index (χ0n) is 11.6. The normalized spacial score (nSPS) is 10.8. The second-order valence-electron chi connectivity index (χ2n) is 4.94. The SMILES string of the molecule is Cc1cc(Oc2ccc(Cl)c3ccccc23)ccc1CO. The van der Waals surface area contributed by atoms with Gasteiger partial charge in [-0.15, -0.1) is 0 Å². The maximum atomic E-state index is 9.22. The fourth-order valence-electron chi connectivity index (χ4n) is 2.36. The largest absolute Gasteiger partial charge is 0.457 e. The first-order valence-electron chi connectivity index (χ1n) is 6.74. The van der Waals surface area contributed by atoms with Crippen molar-refractivity contribution in [1.29, 1.82) is 0 Å². The molecule has 0 atom stereocenters. The maximum absolute atomic E-state index is 9.22. The summed E-state index contributed by atoms with van der Waals surface area (Å²) in [4.78, 5) is 0. The second kappa shape index (κ2) is 5.76. The van der Waals surface area contributed by atoms with E-state index in [0.29, 0.717) is 5.02 Å². The first-order chi connectivity index (χ1) is 10.2. The molecule has 0 bridgehead atoms. The predicted octanol–water partition coefficient (Wildman–Crippen LogP) is 5.09. The zero-order chi connectivity index (χ0) is 14.8. The Balaban J connectivity index is 2.02. The van der Waals surface area contributed by atoms with E-state index in [-0.39, 0.29) is 6.61 Å². The molecule has 0 aliphatic carbocycles. The molecule has 0 unspecified atom stereocenters. The van der Waals surface area contributed by atoms with Gasteiger partial charge in [0.05, 0.1) is 6.61 Å². The Kier molecular flexibility index (Phi) is 3.82. The third kappa shape index (κ3) is 2.73. The van der Waals surface area contributed by atoms with Crippen LogP contribution in [0.4, 0.5) is 0 Å². The monoisotopic (exact) mass is 298 g/mol. The molecule has 0 aromatic heterocycles.